The third kappa shape index (κ3) is 12.9. The molecule has 0 spiro atoms. The van der Waals surface area contributed by atoms with Crippen molar-refractivity contribution in [2.24, 2.45) is 0 Å². The van der Waals surface area contributed by atoms with Crippen LogP contribution >= 0.6 is 0 Å². The van der Waals surface area contributed by atoms with Crippen molar-refractivity contribution >= 4 is 0 Å². The van der Waals surface area contributed by atoms with Crippen molar-refractivity contribution in [1.29, 1.82) is 0 Å². The second-order valence-corrected chi connectivity index (χ2v) is 6.41. The fourth-order valence-electron chi connectivity index (χ4n) is 1.80. The van der Waals surface area contributed by atoms with E-state index in [2.05, 4.69) is 21.0 Å². The second kappa shape index (κ2) is 11.5. The highest BCUT2D eigenvalue weighted by Crippen LogP contribution is 2.01. The summed E-state index contributed by atoms with van der Waals surface area (Å²) in [5.74, 6) is 0. The van der Waals surface area contributed by atoms with Gasteiger partial charge in [-0.05, 0) is 27.2 Å². The first-order chi connectivity index (χ1) is 9.37. The fraction of sp³-hybridized carbons (Fsp3) is 1.00. The predicted octanol–water partition coefficient (Wildman–Crippen LogP) is 2.71. The van der Waals surface area contributed by atoms with Gasteiger partial charge in [-0.15, -0.1) is 0 Å². The zero-order valence-electron chi connectivity index (χ0n) is 14.5. The van der Waals surface area contributed by atoms with Crippen LogP contribution in [-0.4, -0.2) is 70.3 Å². The zero-order chi connectivity index (χ0) is 15.4. The number of hydrogen-bond acceptors (Lipinski definition) is 3. The molecule has 0 saturated carbocycles. The fourth-order valence-corrected chi connectivity index (χ4v) is 1.80. The Balaban J connectivity index is 3.43. The van der Waals surface area contributed by atoms with Crippen LogP contribution in [0, 0.1) is 0 Å². The topological polar surface area (TPSA) is 27.7 Å². The number of ether oxygens (including phenoxy) is 3. The van der Waals surface area contributed by atoms with Crippen molar-refractivity contribution in [2.45, 2.75) is 52.7 Å². The van der Waals surface area contributed by atoms with E-state index in [-0.39, 0.29) is 12.2 Å². The van der Waals surface area contributed by atoms with Gasteiger partial charge < -0.3 is 18.7 Å². The minimum Gasteiger partial charge on any atom is -0.376 e. The molecule has 0 radical (unpaired) electrons. The van der Waals surface area contributed by atoms with Crippen molar-refractivity contribution in [2.75, 3.05) is 53.6 Å². The Hall–Kier alpha value is -0.160. The van der Waals surface area contributed by atoms with E-state index < -0.39 is 0 Å². The first kappa shape index (κ1) is 19.8. The first-order valence-electron chi connectivity index (χ1n) is 8.00. The first-order valence-corrected chi connectivity index (χ1v) is 8.00. The highest BCUT2D eigenvalue weighted by Gasteiger charge is 2.13. The van der Waals surface area contributed by atoms with Crippen molar-refractivity contribution in [3.63, 3.8) is 0 Å². The van der Waals surface area contributed by atoms with Crippen LogP contribution < -0.4 is 0 Å². The van der Waals surface area contributed by atoms with Crippen LogP contribution in [0.1, 0.15) is 40.5 Å². The van der Waals surface area contributed by atoms with Crippen LogP contribution in [-0.2, 0) is 14.2 Å². The Morgan fingerprint density at radius 1 is 0.900 bits per heavy atom. The van der Waals surface area contributed by atoms with E-state index in [9.17, 15) is 0 Å². The number of quaternary nitrogens is 1. The second-order valence-electron chi connectivity index (χ2n) is 6.41. The van der Waals surface area contributed by atoms with Gasteiger partial charge in [-0.2, -0.15) is 0 Å². The number of rotatable bonds is 13. The Morgan fingerprint density at radius 2 is 1.60 bits per heavy atom. The Labute approximate surface area is 126 Å². The molecule has 0 fully saturated rings. The lowest BCUT2D eigenvalue weighted by Crippen LogP contribution is -2.43. The van der Waals surface area contributed by atoms with Crippen LogP contribution in [0.25, 0.3) is 0 Å². The minimum atomic E-state index is 0.137. The molecule has 0 amide bonds. The molecule has 0 saturated heterocycles. The lowest BCUT2D eigenvalue weighted by molar-refractivity contribution is -0.890. The summed E-state index contributed by atoms with van der Waals surface area (Å²) in [6, 6.07) is 0. The van der Waals surface area contributed by atoms with E-state index in [1.807, 2.05) is 20.8 Å². The number of nitrogens with zero attached hydrogens (tertiary/aromatic N) is 1. The molecular weight excluding hydrogens is 254 g/mol. The highest BCUT2D eigenvalue weighted by molar-refractivity contribution is 4.49. The van der Waals surface area contributed by atoms with Gasteiger partial charge in [0.2, 0.25) is 0 Å². The summed E-state index contributed by atoms with van der Waals surface area (Å²) < 4.78 is 17.8. The van der Waals surface area contributed by atoms with Crippen LogP contribution in [0.4, 0.5) is 0 Å². The molecule has 0 aliphatic rings. The maximum Gasteiger partial charge on any atom is 0.102 e. The predicted molar refractivity (Wildman–Crippen MR) is 84.1 cm³/mol. The molecule has 0 aromatic heterocycles. The number of likely N-dealkylation sites (N-methyl/N-ethyl adjacent to an activating group) is 1. The summed E-state index contributed by atoms with van der Waals surface area (Å²) in [6.07, 6.45) is 2.94. The van der Waals surface area contributed by atoms with Gasteiger partial charge in [-0.25, -0.2) is 0 Å². The molecule has 20 heavy (non-hydrogen) atoms. The monoisotopic (exact) mass is 290 g/mol. The third-order valence-electron chi connectivity index (χ3n) is 3.25. The Morgan fingerprint density at radius 3 is 2.20 bits per heavy atom. The van der Waals surface area contributed by atoms with E-state index >= 15 is 0 Å². The minimum absolute atomic E-state index is 0.137. The number of unbranched alkanes of at least 4 members (excludes halogenated alkanes) is 1. The normalized spacial score (nSPS) is 13.9. The summed E-state index contributed by atoms with van der Waals surface area (Å²) in [4.78, 5) is 0. The standard InChI is InChI=1S/C16H36NO3/c1-7-8-9-17(5,6)10-11-18-12-13-19-16(4)14-20-15(2)3/h15-16H,7-14H2,1-6H3/q+1. The third-order valence-corrected chi connectivity index (χ3v) is 3.25. The quantitative estimate of drug-likeness (QED) is 0.385. The molecule has 1 atom stereocenters. The van der Waals surface area contributed by atoms with E-state index in [0.717, 1.165) is 17.6 Å². The molecule has 4 heteroatoms. The Kier molecular flexibility index (Phi) is 11.4. The van der Waals surface area contributed by atoms with E-state index in [1.54, 1.807) is 0 Å². The smallest absolute Gasteiger partial charge is 0.102 e. The zero-order valence-corrected chi connectivity index (χ0v) is 14.5. The molecule has 1 unspecified atom stereocenters. The summed E-state index contributed by atoms with van der Waals surface area (Å²) in [5, 5.41) is 0. The molecule has 0 N–H and O–H groups in total. The summed E-state index contributed by atoms with van der Waals surface area (Å²) in [6.45, 7) is 13.4. The van der Waals surface area contributed by atoms with Gasteiger partial charge in [0.1, 0.15) is 6.54 Å². The molecule has 0 aliphatic carbocycles. The van der Waals surface area contributed by atoms with Crippen LogP contribution in [0.5, 0.6) is 0 Å². The molecule has 0 aromatic carbocycles. The van der Waals surface area contributed by atoms with Gasteiger partial charge >= 0.3 is 0 Å². The molecule has 0 aromatic rings. The molecule has 0 rings (SSSR count). The lowest BCUT2D eigenvalue weighted by Gasteiger charge is -2.29. The average Bonchev–Trinajstić information content (AvgIpc) is 2.38. The van der Waals surface area contributed by atoms with Gasteiger partial charge in [0, 0.05) is 0 Å². The largest absolute Gasteiger partial charge is 0.376 e. The summed E-state index contributed by atoms with van der Waals surface area (Å²) in [7, 11) is 4.53. The molecular formula is C16H36NO3+. The van der Waals surface area contributed by atoms with Crippen molar-refractivity contribution in [1.82, 2.24) is 0 Å². The molecule has 4 nitrogen and oxygen atoms in total. The van der Waals surface area contributed by atoms with Gasteiger partial charge in [-0.3, -0.25) is 0 Å². The summed E-state index contributed by atoms with van der Waals surface area (Å²) >= 11 is 0. The highest BCUT2D eigenvalue weighted by atomic mass is 16.6. The number of hydrogen-bond donors (Lipinski definition) is 0. The average molecular weight is 290 g/mol. The van der Waals surface area contributed by atoms with E-state index in [1.165, 1.54) is 19.4 Å². The van der Waals surface area contributed by atoms with E-state index in [0.29, 0.717) is 19.8 Å². The van der Waals surface area contributed by atoms with Gasteiger partial charge in [0.05, 0.1) is 59.3 Å². The molecule has 0 bridgehead atoms. The maximum atomic E-state index is 5.64. The van der Waals surface area contributed by atoms with Crippen molar-refractivity contribution in [3.05, 3.63) is 0 Å². The van der Waals surface area contributed by atoms with Crippen LogP contribution in [0.15, 0.2) is 0 Å². The van der Waals surface area contributed by atoms with Crippen molar-refractivity contribution in [3.8, 4) is 0 Å². The Bertz CT molecular complexity index is 220. The van der Waals surface area contributed by atoms with Crippen LogP contribution in [0.3, 0.4) is 0 Å². The summed E-state index contributed by atoms with van der Waals surface area (Å²) in [5.41, 5.74) is 0. The maximum absolute atomic E-state index is 5.64. The molecule has 122 valence electrons. The lowest BCUT2D eigenvalue weighted by atomic mass is 10.3. The van der Waals surface area contributed by atoms with Gasteiger partial charge in [-0.1, -0.05) is 13.3 Å². The SMILES string of the molecule is CCCC[N+](C)(C)CCOCCOC(C)COC(C)C. The molecule has 0 aliphatic heterocycles. The van der Waals surface area contributed by atoms with Crippen LogP contribution in [0.2, 0.25) is 0 Å². The molecule has 0 heterocycles. The van der Waals surface area contributed by atoms with Gasteiger partial charge in [0.25, 0.3) is 0 Å². The van der Waals surface area contributed by atoms with Gasteiger partial charge in [0.15, 0.2) is 0 Å². The van der Waals surface area contributed by atoms with E-state index in [4.69, 9.17) is 14.2 Å². The van der Waals surface area contributed by atoms with Crippen molar-refractivity contribution < 1.29 is 18.7 Å².